The number of carbonyl (C=O) groups is 4. The molecule has 1 fully saturated rings. The molecule has 4 amide bonds. The van der Waals surface area contributed by atoms with E-state index in [0.717, 1.165) is 33.0 Å². The van der Waals surface area contributed by atoms with Gasteiger partial charge in [-0.3, -0.25) is 24.1 Å². The first-order valence-electron chi connectivity index (χ1n) is 13.6. The van der Waals surface area contributed by atoms with Gasteiger partial charge in [0.25, 0.3) is 17.1 Å². The fraction of sp³-hybridized carbons (Fsp3) is 0.152. The van der Waals surface area contributed by atoms with Gasteiger partial charge >= 0.3 is 0 Å². The highest BCUT2D eigenvalue weighted by Crippen LogP contribution is 2.35. The van der Waals surface area contributed by atoms with Crippen molar-refractivity contribution in [2.45, 2.75) is 13.8 Å². The Kier molecular flexibility index (Phi) is 9.07. The molecular formula is C33H29N3O6S. The molecule has 0 saturated carbocycles. The number of hydrogen-bond donors (Lipinski definition) is 2. The van der Waals surface area contributed by atoms with Crippen LogP contribution >= 0.6 is 11.8 Å². The Balaban J connectivity index is 1.24. The zero-order chi connectivity index (χ0) is 30.3. The molecule has 10 heteroatoms. The minimum absolute atomic E-state index is 0.177. The Morgan fingerprint density at radius 3 is 2.47 bits per heavy atom. The number of benzene rings is 4. The summed E-state index contributed by atoms with van der Waals surface area (Å²) in [7, 11) is 0. The van der Waals surface area contributed by atoms with Gasteiger partial charge in [-0.1, -0.05) is 54.6 Å². The lowest BCUT2D eigenvalue weighted by Gasteiger charge is -2.14. The van der Waals surface area contributed by atoms with Gasteiger partial charge in [-0.25, -0.2) is 0 Å². The number of hydrogen-bond acceptors (Lipinski definition) is 7. The molecule has 1 saturated heterocycles. The first-order valence-corrected chi connectivity index (χ1v) is 14.4. The van der Waals surface area contributed by atoms with Gasteiger partial charge in [0.2, 0.25) is 5.91 Å². The minimum atomic E-state index is -0.561. The average molecular weight is 596 g/mol. The van der Waals surface area contributed by atoms with E-state index in [4.69, 9.17) is 9.47 Å². The van der Waals surface area contributed by atoms with Crippen LogP contribution in [0.5, 0.6) is 11.5 Å². The van der Waals surface area contributed by atoms with Crippen LogP contribution in [-0.2, 0) is 14.4 Å². The first-order chi connectivity index (χ1) is 20.8. The molecule has 0 bridgehead atoms. The Bertz CT molecular complexity index is 1750. The molecule has 0 atom stereocenters. The molecule has 4 aromatic carbocycles. The zero-order valence-corrected chi connectivity index (χ0v) is 24.4. The minimum Gasteiger partial charge on any atom is -0.490 e. The number of thioether (sulfide) groups is 1. The van der Waals surface area contributed by atoms with E-state index in [1.807, 2.05) is 68.4 Å². The van der Waals surface area contributed by atoms with Crippen molar-refractivity contribution in [2.24, 2.45) is 0 Å². The van der Waals surface area contributed by atoms with Crippen molar-refractivity contribution in [1.82, 2.24) is 4.90 Å². The molecule has 0 unspecified atom stereocenters. The molecule has 0 aliphatic carbocycles. The van der Waals surface area contributed by atoms with Crippen molar-refractivity contribution in [3.05, 3.63) is 101 Å². The van der Waals surface area contributed by atoms with E-state index in [9.17, 15) is 19.2 Å². The highest BCUT2D eigenvalue weighted by molar-refractivity contribution is 8.18. The summed E-state index contributed by atoms with van der Waals surface area (Å²) in [6, 6.07) is 25.6. The van der Waals surface area contributed by atoms with Crippen LogP contribution in [-0.4, -0.2) is 47.6 Å². The fourth-order valence-corrected chi connectivity index (χ4v) is 5.36. The molecular weight excluding hydrogens is 566 g/mol. The third kappa shape index (κ3) is 7.22. The second kappa shape index (κ2) is 13.3. The summed E-state index contributed by atoms with van der Waals surface area (Å²) in [5.41, 5.74) is 2.89. The predicted octanol–water partition coefficient (Wildman–Crippen LogP) is 6.24. The lowest BCUT2D eigenvalue weighted by Crippen LogP contribution is -2.36. The van der Waals surface area contributed by atoms with Gasteiger partial charge < -0.3 is 20.1 Å². The van der Waals surface area contributed by atoms with E-state index in [2.05, 4.69) is 10.6 Å². The van der Waals surface area contributed by atoms with Crippen LogP contribution in [0.1, 0.15) is 18.1 Å². The van der Waals surface area contributed by atoms with Gasteiger partial charge in [0, 0.05) is 16.8 Å². The number of fused-ring (bicyclic) bond motifs is 1. The Morgan fingerprint density at radius 2 is 1.65 bits per heavy atom. The third-order valence-electron chi connectivity index (χ3n) is 6.47. The Hall–Kier alpha value is -5.09. The van der Waals surface area contributed by atoms with Gasteiger partial charge in [0.15, 0.2) is 18.1 Å². The van der Waals surface area contributed by atoms with E-state index in [1.165, 1.54) is 0 Å². The Labute approximate surface area is 252 Å². The molecule has 1 aliphatic heterocycles. The second-order valence-electron chi connectivity index (χ2n) is 9.69. The second-order valence-corrected chi connectivity index (χ2v) is 10.7. The third-order valence-corrected chi connectivity index (χ3v) is 7.37. The summed E-state index contributed by atoms with van der Waals surface area (Å²) in [6.45, 7) is 3.46. The standard InChI is InChI=1S/C33H29N3O6S/c1-3-41-28-17-22(14-15-27(28)42-20-31(38)34-24-11-6-8-21(2)16-24)18-29-32(39)36(33(40)43-29)19-30(37)35-26-13-7-10-23-9-4-5-12-25(23)26/h4-18H,3,19-20H2,1-2H3,(H,34,38)(H,35,37)/b29-18+. The maximum Gasteiger partial charge on any atom is 0.294 e. The number of anilines is 2. The molecule has 5 rings (SSSR count). The highest BCUT2D eigenvalue weighted by Gasteiger charge is 2.36. The largest absolute Gasteiger partial charge is 0.490 e. The number of imide groups is 1. The van der Waals surface area contributed by atoms with Gasteiger partial charge in [-0.05, 0) is 78.5 Å². The molecule has 218 valence electrons. The number of rotatable bonds is 10. The molecule has 0 radical (unpaired) electrons. The van der Waals surface area contributed by atoms with Gasteiger partial charge in [-0.15, -0.1) is 0 Å². The van der Waals surface area contributed by atoms with Crippen LogP contribution in [0, 0.1) is 6.92 Å². The number of amides is 4. The molecule has 0 spiro atoms. The molecule has 43 heavy (non-hydrogen) atoms. The van der Waals surface area contributed by atoms with E-state index in [-0.39, 0.29) is 17.4 Å². The van der Waals surface area contributed by atoms with Crippen LogP contribution in [0.2, 0.25) is 0 Å². The Morgan fingerprint density at radius 1 is 0.860 bits per heavy atom. The molecule has 4 aromatic rings. The monoisotopic (exact) mass is 595 g/mol. The van der Waals surface area contributed by atoms with Crippen molar-refractivity contribution >= 4 is 62.9 Å². The molecule has 0 aromatic heterocycles. The maximum absolute atomic E-state index is 13.1. The van der Waals surface area contributed by atoms with Crippen molar-refractivity contribution in [3.63, 3.8) is 0 Å². The van der Waals surface area contributed by atoms with Crippen molar-refractivity contribution in [3.8, 4) is 11.5 Å². The molecule has 1 aliphatic rings. The van der Waals surface area contributed by atoms with Crippen LogP contribution in [0.25, 0.3) is 16.8 Å². The van der Waals surface area contributed by atoms with Crippen LogP contribution in [0.3, 0.4) is 0 Å². The van der Waals surface area contributed by atoms with Crippen LogP contribution < -0.4 is 20.1 Å². The van der Waals surface area contributed by atoms with Crippen molar-refractivity contribution in [1.29, 1.82) is 0 Å². The van der Waals surface area contributed by atoms with Crippen molar-refractivity contribution in [2.75, 3.05) is 30.4 Å². The SMILES string of the molecule is CCOc1cc(/C=C2/SC(=O)N(CC(=O)Nc3cccc4ccccc34)C2=O)ccc1OCC(=O)Nc1cccc(C)c1. The fourth-order valence-electron chi connectivity index (χ4n) is 4.52. The molecule has 9 nitrogen and oxygen atoms in total. The van der Waals surface area contributed by atoms with Gasteiger partial charge in [-0.2, -0.15) is 0 Å². The number of ether oxygens (including phenoxy) is 2. The maximum atomic E-state index is 13.1. The summed E-state index contributed by atoms with van der Waals surface area (Å²) in [4.78, 5) is 52.1. The van der Waals surface area contributed by atoms with E-state index in [0.29, 0.717) is 35.0 Å². The van der Waals surface area contributed by atoms with E-state index < -0.39 is 23.6 Å². The van der Waals surface area contributed by atoms with Crippen molar-refractivity contribution < 1.29 is 28.7 Å². The summed E-state index contributed by atoms with van der Waals surface area (Å²) < 4.78 is 11.4. The lowest BCUT2D eigenvalue weighted by molar-refractivity contribution is -0.127. The number of carbonyl (C=O) groups excluding carboxylic acids is 4. The average Bonchev–Trinajstić information content (AvgIpc) is 3.24. The van der Waals surface area contributed by atoms with Crippen LogP contribution in [0.4, 0.5) is 16.2 Å². The lowest BCUT2D eigenvalue weighted by atomic mass is 10.1. The summed E-state index contributed by atoms with van der Waals surface area (Å²) in [5, 5.41) is 6.89. The normalized spacial score (nSPS) is 13.8. The van der Waals surface area contributed by atoms with E-state index in [1.54, 1.807) is 36.4 Å². The van der Waals surface area contributed by atoms with Gasteiger partial charge in [0.05, 0.1) is 11.5 Å². The summed E-state index contributed by atoms with van der Waals surface area (Å²) >= 11 is 0.760. The smallest absolute Gasteiger partial charge is 0.294 e. The van der Waals surface area contributed by atoms with Gasteiger partial charge in [0.1, 0.15) is 6.54 Å². The van der Waals surface area contributed by atoms with Crippen LogP contribution in [0.15, 0.2) is 89.8 Å². The predicted molar refractivity (Wildman–Crippen MR) is 168 cm³/mol. The summed E-state index contributed by atoms with van der Waals surface area (Å²) in [5.74, 6) is -0.624. The first kappa shape index (κ1) is 29.4. The molecule has 2 N–H and O–H groups in total. The quantitative estimate of drug-likeness (QED) is 0.209. The summed E-state index contributed by atoms with van der Waals surface area (Å²) in [6.07, 6.45) is 1.56. The zero-order valence-electron chi connectivity index (χ0n) is 23.6. The highest BCUT2D eigenvalue weighted by atomic mass is 32.2. The number of nitrogens with zero attached hydrogens (tertiary/aromatic N) is 1. The van der Waals surface area contributed by atoms with E-state index >= 15 is 0 Å². The molecule has 1 heterocycles. The number of aryl methyl sites for hydroxylation is 1. The number of nitrogens with one attached hydrogen (secondary N) is 2. The topological polar surface area (TPSA) is 114 Å².